The fourth-order valence-electron chi connectivity index (χ4n) is 4.67. The van der Waals surface area contributed by atoms with Gasteiger partial charge in [-0.25, -0.2) is 13.4 Å². The van der Waals surface area contributed by atoms with Gasteiger partial charge in [-0.1, -0.05) is 30.4 Å². The van der Waals surface area contributed by atoms with Crippen molar-refractivity contribution in [2.45, 2.75) is 18.2 Å². The maximum atomic E-state index is 13.1. The minimum Gasteiger partial charge on any atom is -0.383 e. The monoisotopic (exact) mass is 589 g/mol. The third-order valence-corrected chi connectivity index (χ3v) is 10.1. The van der Waals surface area contributed by atoms with Gasteiger partial charge in [-0.2, -0.15) is 4.31 Å². The summed E-state index contributed by atoms with van der Waals surface area (Å²) in [5, 5.41) is 4.04. The topological polar surface area (TPSA) is 104 Å². The molecule has 1 fully saturated rings. The van der Waals surface area contributed by atoms with E-state index in [1.807, 2.05) is 0 Å². The van der Waals surface area contributed by atoms with Gasteiger partial charge in [0.05, 0.1) is 28.3 Å². The zero-order valence-corrected chi connectivity index (χ0v) is 25.1. The summed E-state index contributed by atoms with van der Waals surface area (Å²) in [7, 11) is -0.672. The number of carbonyl (C=O) groups is 1. The third-order valence-electron chi connectivity index (χ3n) is 7.07. The molecule has 1 N–H and O–H groups in total. The summed E-state index contributed by atoms with van der Waals surface area (Å²) in [4.78, 5) is 22.4. The van der Waals surface area contributed by atoms with Gasteiger partial charge in [0, 0.05) is 72.1 Å². The number of aromatic nitrogens is 1. The van der Waals surface area contributed by atoms with Crippen molar-refractivity contribution >= 4 is 42.6 Å². The summed E-state index contributed by atoms with van der Waals surface area (Å²) in [6.07, 6.45) is 0.978. The van der Waals surface area contributed by atoms with E-state index < -0.39 is 10.0 Å². The SMILES string of the molecule is CCc1cccc2sc(N3CCN(CCNC(=O)c4ccc(S(=O)(=O)N(CCOC)CCOC)cc4)CC3)nc12. The minimum atomic E-state index is -3.73. The number of hydrogen-bond donors (Lipinski definition) is 1. The molecule has 218 valence electrons. The Labute approximate surface area is 240 Å². The number of hydrogen-bond acceptors (Lipinski definition) is 9. The number of benzene rings is 2. The lowest BCUT2D eigenvalue weighted by Crippen LogP contribution is -2.48. The molecule has 40 heavy (non-hydrogen) atoms. The first-order valence-corrected chi connectivity index (χ1v) is 15.8. The Kier molecular flexibility index (Phi) is 10.9. The number of para-hydroxylation sites is 1. The molecule has 1 aliphatic heterocycles. The maximum Gasteiger partial charge on any atom is 0.251 e. The van der Waals surface area contributed by atoms with Gasteiger partial charge in [0.15, 0.2) is 5.13 Å². The molecule has 2 heterocycles. The molecule has 12 heteroatoms. The average molecular weight is 590 g/mol. The number of ether oxygens (including phenoxy) is 2. The Hall–Kier alpha value is -2.61. The summed E-state index contributed by atoms with van der Waals surface area (Å²) < 4.78 is 38.8. The van der Waals surface area contributed by atoms with Crippen LogP contribution in [0, 0.1) is 0 Å². The molecule has 4 rings (SSSR count). The van der Waals surface area contributed by atoms with Crippen molar-refractivity contribution in [1.82, 2.24) is 19.5 Å². The Bertz CT molecular complexity index is 1350. The molecule has 0 aliphatic carbocycles. The lowest BCUT2D eigenvalue weighted by molar-refractivity contribution is 0.0947. The normalized spacial score (nSPS) is 14.8. The third kappa shape index (κ3) is 7.36. The highest BCUT2D eigenvalue weighted by Crippen LogP contribution is 2.31. The Morgan fingerprint density at radius 2 is 1.70 bits per heavy atom. The summed E-state index contributed by atoms with van der Waals surface area (Å²) >= 11 is 1.75. The lowest BCUT2D eigenvalue weighted by atomic mass is 10.1. The first-order valence-electron chi connectivity index (χ1n) is 13.6. The van der Waals surface area contributed by atoms with E-state index in [9.17, 15) is 13.2 Å². The van der Waals surface area contributed by atoms with Crippen LogP contribution in [0.15, 0.2) is 47.4 Å². The molecule has 1 aliphatic rings. The van der Waals surface area contributed by atoms with E-state index in [4.69, 9.17) is 14.5 Å². The van der Waals surface area contributed by atoms with E-state index in [0.717, 1.165) is 49.8 Å². The zero-order chi connectivity index (χ0) is 28.5. The number of carbonyl (C=O) groups excluding carboxylic acids is 1. The standard InChI is InChI=1S/C28H39N5O5S2/c1-4-22-6-5-7-25-26(22)30-28(39-25)32-16-14-31(15-17-32)13-12-29-27(34)23-8-10-24(11-9-23)40(35,36)33(18-20-37-2)19-21-38-3/h5-11H,4,12-21H2,1-3H3,(H,29,34). The van der Waals surface area contributed by atoms with E-state index in [1.54, 1.807) is 23.5 Å². The number of thiazole rings is 1. The van der Waals surface area contributed by atoms with Crippen molar-refractivity contribution < 1.29 is 22.7 Å². The van der Waals surface area contributed by atoms with Crippen molar-refractivity contribution in [3.8, 4) is 0 Å². The lowest BCUT2D eigenvalue weighted by Gasteiger charge is -2.34. The van der Waals surface area contributed by atoms with Crippen molar-refractivity contribution in [3.05, 3.63) is 53.6 Å². The molecule has 0 radical (unpaired) electrons. The van der Waals surface area contributed by atoms with E-state index in [2.05, 4.69) is 40.2 Å². The smallest absolute Gasteiger partial charge is 0.251 e. The van der Waals surface area contributed by atoms with Crippen LogP contribution in [-0.4, -0.2) is 108 Å². The number of fused-ring (bicyclic) bond motifs is 1. The van der Waals surface area contributed by atoms with E-state index in [1.165, 1.54) is 40.9 Å². The second-order valence-corrected chi connectivity index (χ2v) is 12.6. The van der Waals surface area contributed by atoms with Crippen molar-refractivity contribution in [1.29, 1.82) is 0 Å². The van der Waals surface area contributed by atoms with E-state index in [0.29, 0.717) is 12.1 Å². The van der Waals surface area contributed by atoms with Crippen LogP contribution < -0.4 is 10.2 Å². The molecule has 0 atom stereocenters. The fraction of sp³-hybridized carbons (Fsp3) is 0.500. The molecule has 2 aromatic carbocycles. The first-order chi connectivity index (χ1) is 19.4. The van der Waals surface area contributed by atoms with Crippen LogP contribution in [0.25, 0.3) is 10.2 Å². The molecule has 0 bridgehead atoms. The molecule has 3 aromatic rings. The number of sulfonamides is 1. The highest BCUT2D eigenvalue weighted by Gasteiger charge is 2.24. The number of methoxy groups -OCH3 is 2. The largest absolute Gasteiger partial charge is 0.383 e. The first kappa shape index (κ1) is 30.4. The Balaban J connectivity index is 1.25. The van der Waals surface area contributed by atoms with Gasteiger partial charge in [0.2, 0.25) is 10.0 Å². The summed E-state index contributed by atoms with van der Waals surface area (Å²) in [6, 6.07) is 12.4. The second-order valence-electron chi connectivity index (χ2n) is 9.61. The fourth-order valence-corrected chi connectivity index (χ4v) is 7.15. The average Bonchev–Trinajstić information content (AvgIpc) is 3.42. The molecule has 10 nitrogen and oxygen atoms in total. The van der Waals surface area contributed by atoms with Gasteiger partial charge >= 0.3 is 0 Å². The van der Waals surface area contributed by atoms with Crippen molar-refractivity contribution in [2.24, 2.45) is 0 Å². The van der Waals surface area contributed by atoms with Crippen molar-refractivity contribution in [3.63, 3.8) is 0 Å². The number of nitrogens with zero attached hydrogens (tertiary/aromatic N) is 4. The number of amides is 1. The van der Waals surface area contributed by atoms with Crippen LogP contribution in [0.5, 0.6) is 0 Å². The van der Waals surface area contributed by atoms with Gasteiger partial charge < -0.3 is 19.7 Å². The van der Waals surface area contributed by atoms with Gasteiger partial charge in [-0.15, -0.1) is 0 Å². The summed E-state index contributed by atoms with van der Waals surface area (Å²) in [5.74, 6) is -0.223. The van der Waals surface area contributed by atoms with E-state index >= 15 is 0 Å². The van der Waals surface area contributed by atoms with Crippen LogP contribution >= 0.6 is 11.3 Å². The van der Waals surface area contributed by atoms with Crippen molar-refractivity contribution in [2.75, 3.05) is 84.7 Å². The van der Waals surface area contributed by atoms with Crippen LogP contribution in [0.4, 0.5) is 5.13 Å². The Morgan fingerprint density at radius 3 is 2.33 bits per heavy atom. The van der Waals surface area contributed by atoms with Gasteiger partial charge in [-0.05, 0) is 42.3 Å². The summed E-state index contributed by atoms with van der Waals surface area (Å²) in [5.41, 5.74) is 2.83. The second kappa shape index (κ2) is 14.3. The van der Waals surface area contributed by atoms with Gasteiger partial charge in [0.25, 0.3) is 5.91 Å². The molecular weight excluding hydrogens is 550 g/mol. The number of piperazine rings is 1. The quantitative estimate of drug-likeness (QED) is 0.306. The molecule has 0 unspecified atom stereocenters. The van der Waals surface area contributed by atoms with Crippen LogP contribution in [0.3, 0.4) is 0 Å². The highest BCUT2D eigenvalue weighted by molar-refractivity contribution is 7.89. The maximum absolute atomic E-state index is 13.1. The number of rotatable bonds is 14. The predicted octanol–water partition coefficient (Wildman–Crippen LogP) is 2.69. The molecule has 0 spiro atoms. The number of anilines is 1. The van der Waals surface area contributed by atoms with Crippen LogP contribution in [0.1, 0.15) is 22.8 Å². The minimum absolute atomic E-state index is 0.133. The molecule has 1 amide bonds. The van der Waals surface area contributed by atoms with Gasteiger partial charge in [-0.3, -0.25) is 9.69 Å². The molecule has 1 saturated heterocycles. The number of nitrogens with one attached hydrogen (secondary N) is 1. The highest BCUT2D eigenvalue weighted by atomic mass is 32.2. The van der Waals surface area contributed by atoms with Crippen LogP contribution in [-0.2, 0) is 25.9 Å². The molecular formula is C28H39N5O5S2. The summed E-state index contributed by atoms with van der Waals surface area (Å²) in [6.45, 7) is 8.03. The zero-order valence-electron chi connectivity index (χ0n) is 23.5. The Morgan fingerprint density at radius 1 is 1.02 bits per heavy atom. The number of aryl methyl sites for hydroxylation is 1. The van der Waals surface area contributed by atoms with Gasteiger partial charge in [0.1, 0.15) is 0 Å². The van der Waals surface area contributed by atoms with Crippen LogP contribution in [0.2, 0.25) is 0 Å². The predicted molar refractivity (Wildman–Crippen MR) is 159 cm³/mol. The molecule has 0 saturated carbocycles. The van der Waals surface area contributed by atoms with E-state index in [-0.39, 0.29) is 37.1 Å². The molecule has 1 aromatic heterocycles.